The van der Waals surface area contributed by atoms with Crippen molar-refractivity contribution in [2.45, 2.75) is 33.6 Å². The van der Waals surface area contributed by atoms with Crippen LogP contribution in [0.25, 0.3) is 0 Å². The molecule has 0 amide bonds. The Morgan fingerprint density at radius 1 is 1.38 bits per heavy atom. The molecule has 1 rings (SSSR count). The fraction of sp³-hybridized carbons (Fsp3) is 0.400. The van der Waals surface area contributed by atoms with Gasteiger partial charge in [0.15, 0.2) is 0 Å². The highest BCUT2D eigenvalue weighted by atomic mass is 16.5. The number of allylic oxidation sites excluding steroid dienone is 1. The van der Waals surface area contributed by atoms with Gasteiger partial charge in [-0.1, -0.05) is 39.0 Å². The molecule has 0 N–H and O–H groups in total. The number of benzene rings is 1. The molecule has 16 heavy (non-hydrogen) atoms. The second-order valence-electron chi connectivity index (χ2n) is 3.87. The molecule has 0 bridgehead atoms. The predicted molar refractivity (Wildman–Crippen MR) is 69.8 cm³/mol. The van der Waals surface area contributed by atoms with E-state index >= 15 is 0 Å². The third kappa shape index (κ3) is 2.88. The summed E-state index contributed by atoms with van der Waals surface area (Å²) in [5, 5.41) is 0. The van der Waals surface area contributed by atoms with Crippen LogP contribution in [0.4, 0.5) is 0 Å². The van der Waals surface area contributed by atoms with Gasteiger partial charge in [0.2, 0.25) is 0 Å². The number of hydrogen-bond donors (Lipinski definition) is 0. The lowest BCUT2D eigenvalue weighted by Gasteiger charge is -2.16. The zero-order chi connectivity index (χ0) is 12.0. The molecule has 0 spiro atoms. The fourth-order valence-corrected chi connectivity index (χ4v) is 1.76. The summed E-state index contributed by atoms with van der Waals surface area (Å²) in [5.74, 6) is 2.22. The summed E-state index contributed by atoms with van der Waals surface area (Å²) in [6.45, 7) is 11.0. The van der Waals surface area contributed by atoms with Crippen LogP contribution >= 0.6 is 0 Å². The van der Waals surface area contributed by atoms with Gasteiger partial charge in [-0.15, -0.1) is 6.58 Å². The Morgan fingerprint density at radius 2 is 2.12 bits per heavy atom. The van der Waals surface area contributed by atoms with Gasteiger partial charge in [0.25, 0.3) is 0 Å². The monoisotopic (exact) mass is 217 g/mol. The molecule has 0 aromatic heterocycles. The Kier molecular flexibility index (Phi) is 5.10. The molecule has 0 atom stereocenters. The third-order valence-electron chi connectivity index (χ3n) is 2.68. The van der Waals surface area contributed by atoms with E-state index in [9.17, 15) is 0 Å². The van der Waals surface area contributed by atoms with Crippen molar-refractivity contribution in [3.63, 3.8) is 0 Å². The first kappa shape index (κ1) is 12.8. The van der Waals surface area contributed by atoms with Crippen LogP contribution < -0.4 is 4.74 Å². The lowest BCUT2D eigenvalue weighted by molar-refractivity contribution is 0.314. The molecule has 0 aliphatic rings. The van der Waals surface area contributed by atoms with Crippen molar-refractivity contribution in [3.05, 3.63) is 47.9 Å². The molecule has 0 fully saturated rings. The van der Waals surface area contributed by atoms with Crippen LogP contribution in [-0.4, -0.2) is 6.61 Å². The lowest BCUT2D eigenvalue weighted by Crippen LogP contribution is -2.03. The van der Waals surface area contributed by atoms with Gasteiger partial charge in [-0.2, -0.15) is 0 Å². The first-order valence-electron chi connectivity index (χ1n) is 5.95. The smallest absolute Gasteiger partial charge is 0.122 e. The first-order valence-corrected chi connectivity index (χ1v) is 5.95. The van der Waals surface area contributed by atoms with E-state index in [0.29, 0.717) is 0 Å². The molecule has 0 saturated heterocycles. The summed E-state index contributed by atoms with van der Waals surface area (Å²) in [6, 6.07) is 6.23. The van der Waals surface area contributed by atoms with Crippen molar-refractivity contribution in [3.8, 4) is 5.75 Å². The van der Waals surface area contributed by atoms with E-state index in [1.807, 2.05) is 18.2 Å². The van der Waals surface area contributed by atoms with Gasteiger partial charge >= 0.3 is 0 Å². The molecule has 0 aliphatic carbocycles. The Hall–Kier alpha value is -1.24. The molecule has 0 saturated carbocycles. The minimum Gasteiger partial charge on any atom is -0.493 e. The van der Waals surface area contributed by atoms with E-state index in [2.05, 4.69) is 33.4 Å². The molecule has 1 heteroatoms. The second-order valence-corrected chi connectivity index (χ2v) is 3.87. The van der Waals surface area contributed by atoms with E-state index in [1.54, 1.807) is 0 Å². The van der Waals surface area contributed by atoms with Crippen LogP contribution in [0.5, 0.6) is 5.75 Å². The Morgan fingerprint density at radius 3 is 2.69 bits per heavy atom. The highest BCUT2D eigenvalue weighted by Gasteiger charge is 2.11. The van der Waals surface area contributed by atoms with E-state index in [1.165, 1.54) is 17.0 Å². The van der Waals surface area contributed by atoms with Crippen molar-refractivity contribution in [2.24, 2.45) is 0 Å². The van der Waals surface area contributed by atoms with Crippen LogP contribution in [-0.2, 0) is 6.42 Å². The third-order valence-corrected chi connectivity index (χ3v) is 2.68. The first-order chi connectivity index (χ1) is 7.74. The highest BCUT2D eigenvalue weighted by molar-refractivity contribution is 5.49. The minimum atomic E-state index is 0.781. The predicted octanol–water partition coefficient (Wildman–Crippen LogP) is 4.17. The van der Waals surface area contributed by atoms with Gasteiger partial charge in [-0.3, -0.25) is 0 Å². The van der Waals surface area contributed by atoms with Crippen molar-refractivity contribution < 1.29 is 4.74 Å². The SMILES string of the molecule is C=C[C](C)c1cccc(OCCC)c1CC. The van der Waals surface area contributed by atoms with E-state index in [-0.39, 0.29) is 0 Å². The van der Waals surface area contributed by atoms with Crippen LogP contribution in [0.2, 0.25) is 0 Å². The van der Waals surface area contributed by atoms with Crippen LogP contribution in [0.3, 0.4) is 0 Å². The van der Waals surface area contributed by atoms with Crippen molar-refractivity contribution in [1.29, 1.82) is 0 Å². The molecule has 1 radical (unpaired) electrons. The van der Waals surface area contributed by atoms with Gasteiger partial charge in [0.1, 0.15) is 5.75 Å². The summed E-state index contributed by atoms with van der Waals surface area (Å²) in [4.78, 5) is 0. The maximum Gasteiger partial charge on any atom is 0.122 e. The average molecular weight is 217 g/mol. The van der Waals surface area contributed by atoms with Gasteiger partial charge in [0.05, 0.1) is 6.61 Å². The summed E-state index contributed by atoms with van der Waals surface area (Å²) < 4.78 is 5.76. The number of rotatable bonds is 6. The molecule has 0 unspecified atom stereocenters. The Balaban J connectivity index is 3.04. The van der Waals surface area contributed by atoms with Crippen molar-refractivity contribution in [1.82, 2.24) is 0 Å². The molecule has 0 aliphatic heterocycles. The Labute approximate surface area is 99.1 Å². The maximum absolute atomic E-state index is 5.76. The molecular weight excluding hydrogens is 196 g/mol. The van der Waals surface area contributed by atoms with Gasteiger partial charge in [-0.25, -0.2) is 0 Å². The summed E-state index contributed by atoms with van der Waals surface area (Å²) in [6.07, 6.45) is 3.93. The van der Waals surface area contributed by atoms with Gasteiger partial charge < -0.3 is 4.74 Å². The maximum atomic E-state index is 5.76. The largest absolute Gasteiger partial charge is 0.493 e. The van der Waals surface area contributed by atoms with Crippen LogP contribution in [0, 0.1) is 5.92 Å². The molecule has 1 aromatic rings. The topological polar surface area (TPSA) is 9.23 Å². The number of ether oxygens (including phenoxy) is 1. The van der Waals surface area contributed by atoms with E-state index < -0.39 is 0 Å². The van der Waals surface area contributed by atoms with Crippen LogP contribution in [0.1, 0.15) is 38.3 Å². The molecular formula is C15H21O. The van der Waals surface area contributed by atoms with Gasteiger partial charge in [0, 0.05) is 5.92 Å². The average Bonchev–Trinajstić information content (AvgIpc) is 2.34. The zero-order valence-electron chi connectivity index (χ0n) is 10.5. The fourth-order valence-electron chi connectivity index (χ4n) is 1.76. The van der Waals surface area contributed by atoms with E-state index in [4.69, 9.17) is 4.74 Å². The minimum absolute atomic E-state index is 0.781. The standard InChI is InChI=1S/C15H21O/c1-5-11-16-15-10-8-9-14(12(4)6-2)13(15)7-3/h6,8-10H,2,5,7,11H2,1,3-4H3. The summed E-state index contributed by atoms with van der Waals surface area (Å²) in [7, 11) is 0. The highest BCUT2D eigenvalue weighted by Crippen LogP contribution is 2.28. The normalized spacial score (nSPS) is 10.5. The molecule has 1 aromatic carbocycles. The quantitative estimate of drug-likeness (QED) is 0.695. The van der Waals surface area contributed by atoms with E-state index in [0.717, 1.165) is 25.2 Å². The van der Waals surface area contributed by atoms with Gasteiger partial charge in [-0.05, 0) is 30.0 Å². The summed E-state index contributed by atoms with van der Waals surface area (Å²) in [5.41, 5.74) is 2.54. The zero-order valence-corrected chi connectivity index (χ0v) is 10.5. The molecule has 1 nitrogen and oxygen atoms in total. The van der Waals surface area contributed by atoms with Crippen LogP contribution in [0.15, 0.2) is 30.9 Å². The van der Waals surface area contributed by atoms with Crippen molar-refractivity contribution >= 4 is 0 Å². The Bertz CT molecular complexity index is 341. The second kappa shape index (κ2) is 6.37. The molecule has 0 heterocycles. The summed E-state index contributed by atoms with van der Waals surface area (Å²) >= 11 is 0. The lowest BCUT2D eigenvalue weighted by atomic mass is 9.94. The van der Waals surface area contributed by atoms with Crippen molar-refractivity contribution in [2.75, 3.05) is 6.61 Å². The molecule has 87 valence electrons. The number of hydrogen-bond acceptors (Lipinski definition) is 1.